The summed E-state index contributed by atoms with van der Waals surface area (Å²) < 4.78 is 344. The van der Waals surface area contributed by atoms with E-state index in [1.807, 2.05) is 12.1 Å². The lowest BCUT2D eigenvalue weighted by Crippen LogP contribution is -3.61. The fourth-order valence-corrected chi connectivity index (χ4v) is 13.8. The fraction of sp³-hybridized carbons (Fsp3) is 0.238. The number of hydrogen-bond acceptors (Lipinski definition) is 4. The van der Waals surface area contributed by atoms with Gasteiger partial charge in [-0.3, -0.25) is 0 Å². The van der Waals surface area contributed by atoms with Crippen LogP contribution in [0.3, 0.4) is 0 Å². The smallest absolute Gasteiger partial charge is 0.194 e. The Morgan fingerprint density at radius 2 is 0.539 bits per heavy atom. The van der Waals surface area contributed by atoms with Gasteiger partial charge in [-0.05, 0) is 47.5 Å². The first-order valence-corrected chi connectivity index (χ1v) is 23.6. The van der Waals surface area contributed by atoms with Gasteiger partial charge in [0, 0.05) is 31.7 Å². The van der Waals surface area contributed by atoms with Crippen LogP contribution in [-0.2, 0) is 62.5 Å². The molecule has 0 saturated carbocycles. The van der Waals surface area contributed by atoms with E-state index in [4.69, 9.17) is 11.1 Å². The van der Waals surface area contributed by atoms with Crippen LogP contribution in [0.25, 0.3) is 20.9 Å². The second kappa shape index (κ2) is 21.8. The van der Waals surface area contributed by atoms with Crippen LogP contribution >= 0.6 is 22.7 Å². The number of rotatable bonds is 10. The molecule has 0 amide bonds. The van der Waals surface area contributed by atoms with Crippen molar-refractivity contribution in [2.24, 2.45) is 10.2 Å². The summed E-state index contributed by atoms with van der Waals surface area (Å²) in [7, 11) is 0. The summed E-state index contributed by atoms with van der Waals surface area (Å²) >= 11 is 3.21. The maximum absolute atomic E-state index is 14.2. The molecule has 6 nitrogen and oxygen atoms in total. The second-order valence-corrected chi connectivity index (χ2v) is 22.2. The van der Waals surface area contributed by atoms with Crippen LogP contribution in [0.1, 0.15) is 54.3 Å². The molecule has 0 aliphatic heterocycles. The molecule has 0 fully saturated rings. The van der Waals surface area contributed by atoms with E-state index in [-0.39, 0.29) is 21.2 Å². The van der Waals surface area contributed by atoms with Gasteiger partial charge in [-0.25, -0.2) is 0 Å². The molecule has 76 heavy (non-hydrogen) atoms. The molecule has 0 aliphatic carbocycles. The Balaban J connectivity index is 0.000000468. The van der Waals surface area contributed by atoms with Crippen molar-refractivity contribution in [3.05, 3.63) is 178 Å². The van der Waals surface area contributed by atoms with Crippen molar-refractivity contribution in [2.75, 3.05) is 0 Å². The minimum atomic E-state index is -6.13. The predicted molar refractivity (Wildman–Crippen MR) is 222 cm³/mol. The van der Waals surface area contributed by atoms with Gasteiger partial charge in [-0.15, -0.1) is 0 Å². The van der Waals surface area contributed by atoms with Gasteiger partial charge >= 0.3 is 70.6 Å². The number of benzene rings is 4. The van der Waals surface area contributed by atoms with Crippen molar-refractivity contribution in [3.63, 3.8) is 0 Å². The Labute approximate surface area is 426 Å². The topological polar surface area (TPSA) is 97.5 Å². The van der Waals surface area contributed by atoms with Crippen molar-refractivity contribution < 1.29 is 127 Å². The molecule has 0 spiro atoms. The summed E-state index contributed by atoms with van der Waals surface area (Å²) in [5.41, 5.74) is -13.6. The fourth-order valence-electron chi connectivity index (χ4n) is 7.34. The number of alkyl halides is 24. The van der Waals surface area contributed by atoms with Gasteiger partial charge in [0.1, 0.15) is 6.15 Å². The van der Waals surface area contributed by atoms with Gasteiger partial charge in [0.15, 0.2) is 0 Å². The lowest BCUT2D eigenvalue weighted by molar-refractivity contribution is -0.585. The molecule has 2 heterocycles. The van der Waals surface area contributed by atoms with Crippen LogP contribution in [0.4, 0.5) is 105 Å². The van der Waals surface area contributed by atoms with Gasteiger partial charge in [0.25, 0.3) is 0 Å². The maximum atomic E-state index is 14.2. The molecule has 0 bridgehead atoms. The molecule has 4 aromatic carbocycles. The molecule has 0 aliphatic rings. The maximum Gasteiger partial charge on any atom is 0.416 e. The molecule has 0 radical (unpaired) electrons. The summed E-state index contributed by atoms with van der Waals surface area (Å²) in [5.74, 6) is 0. The highest BCUT2D eigenvalue weighted by molar-refractivity contribution is 7.20. The standard InChI is InChI=1S/C32H12BF24.C10H8IN6S2/c34-25(35,36)13-1-14(26(37,38)39)6-21(5-13)33(22-7-15(27(40,41)42)2-16(8-22)28(43,44)45,23-9-17(29(46,47)48)3-18(10-23)30(49,50)51)24-11-19(31(52,53)54)4-20(12-24)32(55,56)57;12-16-14-5-7-1-3-9(18-7)11-10-4-2-8(19-10)6-15-17-13/h1-12H;1-4H,5-6H2/q-1;+1. The summed E-state index contributed by atoms with van der Waals surface area (Å²) in [4.78, 5) is 7.71. The first kappa shape index (κ1) is 60.9. The summed E-state index contributed by atoms with van der Waals surface area (Å²) in [6.45, 7) is 0.856. The Bertz CT molecular complexity index is 2680. The highest BCUT2D eigenvalue weighted by atomic mass is 127. The third kappa shape index (κ3) is 14.7. The van der Waals surface area contributed by atoms with Crippen LogP contribution in [0, 0.1) is 5.77 Å². The lowest BCUT2D eigenvalue weighted by atomic mass is 9.12. The summed E-state index contributed by atoms with van der Waals surface area (Å²) in [6, 6.07) is -0.568. The molecule has 6 rings (SSSR count). The van der Waals surface area contributed by atoms with Gasteiger partial charge in [-0.1, -0.05) is 81.4 Å². The van der Waals surface area contributed by atoms with E-state index in [9.17, 15) is 105 Å². The van der Waals surface area contributed by atoms with E-state index < -0.39 is 195 Å². The summed E-state index contributed by atoms with van der Waals surface area (Å²) in [6.07, 6.45) is -54.8. The molecule has 2 aromatic heterocycles. The Morgan fingerprint density at radius 3 is 0.711 bits per heavy atom. The van der Waals surface area contributed by atoms with Crippen LogP contribution in [0.2, 0.25) is 0 Å². The molecular formula is C42H20BF24IN6S2. The van der Waals surface area contributed by atoms with Crippen LogP contribution in [0.5, 0.6) is 0 Å². The summed E-state index contributed by atoms with van der Waals surface area (Å²) in [5, 5.41) is 7.12. The highest BCUT2D eigenvalue weighted by Crippen LogP contribution is 2.41. The molecule has 408 valence electrons. The van der Waals surface area contributed by atoms with Crippen molar-refractivity contribution in [2.45, 2.75) is 62.5 Å². The van der Waals surface area contributed by atoms with E-state index in [1.54, 1.807) is 22.7 Å². The molecule has 0 saturated heterocycles. The quantitative estimate of drug-likeness (QED) is 0.0326. The average molecular weight is 1270 g/mol. The van der Waals surface area contributed by atoms with Gasteiger partial charge in [0.2, 0.25) is 5.77 Å². The highest BCUT2D eigenvalue weighted by Gasteiger charge is 2.47. The van der Waals surface area contributed by atoms with Crippen molar-refractivity contribution in [1.29, 1.82) is 0 Å². The van der Waals surface area contributed by atoms with E-state index in [2.05, 4.69) is 32.2 Å². The number of hydrogen-bond donors (Lipinski definition) is 0. The van der Waals surface area contributed by atoms with Gasteiger partial charge in [-0.2, -0.15) is 127 Å². The lowest BCUT2D eigenvalue weighted by Gasteiger charge is -2.46. The largest absolute Gasteiger partial charge is 0.416 e. The van der Waals surface area contributed by atoms with Gasteiger partial charge < -0.3 is 0 Å². The zero-order valence-corrected chi connectivity index (χ0v) is 40.0. The number of azide groups is 2. The Hall–Kier alpha value is -5.99. The minimum absolute atomic E-state index is 0.194. The van der Waals surface area contributed by atoms with E-state index in [1.165, 1.54) is 5.77 Å². The third-order valence-corrected chi connectivity index (χ3v) is 16.3. The molecule has 34 heteroatoms. The number of halogens is 25. The minimum Gasteiger partial charge on any atom is -0.194 e. The zero-order valence-electron chi connectivity index (χ0n) is 36.2. The molecule has 0 N–H and O–H groups in total. The molecular weight excluding hydrogens is 1250 g/mol. The predicted octanol–water partition coefficient (Wildman–Crippen LogP) is 12.8. The van der Waals surface area contributed by atoms with E-state index in [0.717, 1.165) is 9.75 Å². The SMILES string of the molecule is FC(F)(F)c1cc([B-](c2cc(C(F)(F)F)cc(C(F)(F)F)c2)(c2cc(C(F)(F)F)cc(C(F)(F)F)c2)c2cc(C(F)(F)F)cc(C(F)(F)F)c2)cc(C(F)(F)F)c1.[N-]=[N+]=NCc1ccc([I+]c2ccc(CN=[N+]=[N-])s2)s1. The normalized spacial score (nSPS) is 13.2. The van der Waals surface area contributed by atoms with Crippen molar-refractivity contribution in [3.8, 4) is 0 Å². The third-order valence-electron chi connectivity index (χ3n) is 10.5. The van der Waals surface area contributed by atoms with Crippen molar-refractivity contribution in [1.82, 2.24) is 0 Å². The monoisotopic (exact) mass is 1270 g/mol. The Morgan fingerprint density at radius 1 is 0.342 bits per heavy atom. The van der Waals surface area contributed by atoms with Crippen LogP contribution < -0.4 is 43.1 Å². The number of nitrogens with zero attached hydrogens (tertiary/aromatic N) is 6. The zero-order chi connectivity index (χ0) is 57.4. The first-order valence-electron chi connectivity index (χ1n) is 19.8. The molecule has 0 atom stereocenters. The second-order valence-electron chi connectivity index (χ2n) is 15.5. The molecule has 0 unspecified atom stereocenters. The van der Waals surface area contributed by atoms with Crippen LogP contribution in [0.15, 0.2) is 107 Å². The van der Waals surface area contributed by atoms with E-state index >= 15 is 0 Å². The van der Waals surface area contributed by atoms with E-state index in [0.29, 0.717) is 13.1 Å². The molecule has 6 aromatic rings. The number of thiophene rings is 2. The average Bonchev–Trinajstić information content (AvgIpc) is 3.94. The van der Waals surface area contributed by atoms with Gasteiger partial charge in [0.05, 0.1) is 57.6 Å². The van der Waals surface area contributed by atoms with Crippen LogP contribution in [-0.4, -0.2) is 6.15 Å². The Kier molecular flexibility index (Phi) is 17.5. The van der Waals surface area contributed by atoms with Crippen molar-refractivity contribution >= 4 is 50.7 Å². The first-order chi connectivity index (χ1) is 34.6.